The molecule has 0 radical (unpaired) electrons. The molecule has 8 heteroatoms. The quantitative estimate of drug-likeness (QED) is 0.767. The van der Waals surface area contributed by atoms with Crippen molar-refractivity contribution >= 4 is 11.9 Å². The Balaban J connectivity index is 1.45. The SMILES string of the molecule is C=CCNC(=O)N1CCOC(CN2CCN(C(=O)c3ccc(F)cc3)CC2)C1. The minimum absolute atomic E-state index is 0.0393. The van der Waals surface area contributed by atoms with Gasteiger partial charge >= 0.3 is 6.03 Å². The van der Waals surface area contributed by atoms with Crippen molar-refractivity contribution in [2.75, 3.05) is 59.0 Å². The second kappa shape index (κ2) is 9.66. The lowest BCUT2D eigenvalue weighted by Crippen LogP contribution is -2.55. The van der Waals surface area contributed by atoms with E-state index in [2.05, 4.69) is 16.8 Å². The summed E-state index contributed by atoms with van der Waals surface area (Å²) in [5, 5.41) is 2.80. The molecule has 0 bridgehead atoms. The van der Waals surface area contributed by atoms with E-state index in [4.69, 9.17) is 4.74 Å². The van der Waals surface area contributed by atoms with Gasteiger partial charge in [-0.3, -0.25) is 9.69 Å². The Morgan fingerprint density at radius 3 is 2.54 bits per heavy atom. The maximum absolute atomic E-state index is 13.0. The molecule has 1 atom stereocenters. The van der Waals surface area contributed by atoms with Crippen molar-refractivity contribution < 1.29 is 18.7 Å². The molecule has 1 aromatic carbocycles. The molecule has 0 saturated carbocycles. The molecule has 2 aliphatic rings. The van der Waals surface area contributed by atoms with Gasteiger partial charge in [0.15, 0.2) is 0 Å². The van der Waals surface area contributed by atoms with Gasteiger partial charge in [-0.25, -0.2) is 9.18 Å². The summed E-state index contributed by atoms with van der Waals surface area (Å²) in [6.45, 7) is 9.16. The normalized spacial score (nSPS) is 20.7. The van der Waals surface area contributed by atoms with Gasteiger partial charge in [-0.15, -0.1) is 6.58 Å². The van der Waals surface area contributed by atoms with Crippen molar-refractivity contribution in [1.29, 1.82) is 0 Å². The van der Waals surface area contributed by atoms with Crippen LogP contribution in [0.1, 0.15) is 10.4 Å². The Bertz CT molecular complexity index is 689. The van der Waals surface area contributed by atoms with Crippen molar-refractivity contribution in [3.05, 3.63) is 48.3 Å². The molecular weight excluding hydrogens is 363 g/mol. The van der Waals surface area contributed by atoms with Gasteiger partial charge in [-0.1, -0.05) is 6.08 Å². The molecule has 3 amide bonds. The van der Waals surface area contributed by atoms with Crippen LogP contribution in [0.15, 0.2) is 36.9 Å². The summed E-state index contributed by atoms with van der Waals surface area (Å²) >= 11 is 0. The number of carbonyl (C=O) groups is 2. The standard InChI is InChI=1S/C20H27FN4O3/c1-2-7-22-20(27)25-12-13-28-18(15-25)14-23-8-10-24(11-9-23)19(26)16-3-5-17(21)6-4-16/h2-6,18H,1,7-15H2,(H,22,27). The first-order valence-electron chi connectivity index (χ1n) is 9.59. The summed E-state index contributed by atoms with van der Waals surface area (Å²) in [5.41, 5.74) is 0.506. The van der Waals surface area contributed by atoms with Gasteiger partial charge in [0.25, 0.3) is 5.91 Å². The van der Waals surface area contributed by atoms with E-state index < -0.39 is 0 Å². The van der Waals surface area contributed by atoms with E-state index in [1.54, 1.807) is 15.9 Å². The number of nitrogens with zero attached hydrogens (tertiary/aromatic N) is 3. The van der Waals surface area contributed by atoms with E-state index in [9.17, 15) is 14.0 Å². The summed E-state index contributed by atoms with van der Waals surface area (Å²) in [6.07, 6.45) is 1.62. The van der Waals surface area contributed by atoms with Crippen LogP contribution in [-0.2, 0) is 4.74 Å². The number of amides is 3. The van der Waals surface area contributed by atoms with Crippen LogP contribution in [0.5, 0.6) is 0 Å². The van der Waals surface area contributed by atoms with Crippen LogP contribution in [-0.4, -0.2) is 91.7 Å². The number of piperazine rings is 1. The third-order valence-electron chi connectivity index (χ3n) is 5.04. The lowest BCUT2D eigenvalue weighted by Gasteiger charge is -2.39. The Labute approximate surface area is 164 Å². The maximum atomic E-state index is 13.0. The lowest BCUT2D eigenvalue weighted by atomic mass is 10.1. The number of ether oxygens (including phenoxy) is 1. The fourth-order valence-electron chi connectivity index (χ4n) is 3.48. The Kier molecular flexibility index (Phi) is 7.00. The molecule has 0 spiro atoms. The predicted octanol–water partition coefficient (Wildman–Crippen LogP) is 1.18. The summed E-state index contributed by atoms with van der Waals surface area (Å²) < 4.78 is 18.8. The first-order valence-corrected chi connectivity index (χ1v) is 9.59. The third-order valence-corrected chi connectivity index (χ3v) is 5.04. The molecule has 0 aromatic heterocycles. The van der Waals surface area contributed by atoms with Crippen LogP contribution in [0.3, 0.4) is 0 Å². The van der Waals surface area contributed by atoms with Crippen LogP contribution in [0, 0.1) is 5.82 Å². The number of benzene rings is 1. The zero-order valence-corrected chi connectivity index (χ0v) is 16.0. The molecule has 2 saturated heterocycles. The number of carbonyl (C=O) groups excluding carboxylic acids is 2. The topological polar surface area (TPSA) is 65.1 Å². The predicted molar refractivity (Wildman–Crippen MR) is 104 cm³/mol. The molecule has 28 heavy (non-hydrogen) atoms. The lowest BCUT2D eigenvalue weighted by molar-refractivity contribution is -0.0351. The molecule has 2 aliphatic heterocycles. The Morgan fingerprint density at radius 1 is 1.14 bits per heavy atom. The van der Waals surface area contributed by atoms with E-state index in [-0.39, 0.29) is 23.9 Å². The fraction of sp³-hybridized carbons (Fsp3) is 0.500. The molecular formula is C20H27FN4O3. The number of halogens is 1. The molecule has 1 aromatic rings. The van der Waals surface area contributed by atoms with Gasteiger partial charge in [0.05, 0.1) is 12.7 Å². The minimum Gasteiger partial charge on any atom is -0.373 e. The third kappa shape index (κ3) is 5.30. The van der Waals surface area contributed by atoms with Crippen molar-refractivity contribution in [3.8, 4) is 0 Å². The van der Waals surface area contributed by atoms with Gasteiger partial charge in [-0.05, 0) is 24.3 Å². The summed E-state index contributed by atoms with van der Waals surface area (Å²) in [7, 11) is 0. The molecule has 7 nitrogen and oxygen atoms in total. The van der Waals surface area contributed by atoms with Gasteiger partial charge in [-0.2, -0.15) is 0 Å². The second-order valence-corrected chi connectivity index (χ2v) is 7.01. The number of nitrogens with one attached hydrogen (secondary N) is 1. The zero-order chi connectivity index (χ0) is 19.9. The van der Waals surface area contributed by atoms with Gasteiger partial charge in [0.2, 0.25) is 0 Å². The largest absolute Gasteiger partial charge is 0.373 e. The molecule has 2 fully saturated rings. The molecule has 1 unspecified atom stereocenters. The number of rotatable bonds is 5. The highest BCUT2D eigenvalue weighted by atomic mass is 19.1. The highest BCUT2D eigenvalue weighted by Crippen LogP contribution is 2.12. The van der Waals surface area contributed by atoms with E-state index in [1.165, 1.54) is 24.3 Å². The first kappa shape index (κ1) is 20.3. The summed E-state index contributed by atoms with van der Waals surface area (Å²) in [6, 6.07) is 5.56. The van der Waals surface area contributed by atoms with Crippen LogP contribution < -0.4 is 5.32 Å². The summed E-state index contributed by atoms with van der Waals surface area (Å²) in [5.74, 6) is -0.417. The van der Waals surface area contributed by atoms with Crippen LogP contribution in [0.2, 0.25) is 0 Å². The van der Waals surface area contributed by atoms with Crippen molar-refractivity contribution in [3.63, 3.8) is 0 Å². The average Bonchev–Trinajstić information content (AvgIpc) is 2.73. The Hall–Kier alpha value is -2.45. The zero-order valence-electron chi connectivity index (χ0n) is 16.0. The summed E-state index contributed by atoms with van der Waals surface area (Å²) in [4.78, 5) is 30.4. The maximum Gasteiger partial charge on any atom is 0.317 e. The molecule has 2 heterocycles. The van der Waals surface area contributed by atoms with E-state index in [0.717, 1.165) is 19.6 Å². The van der Waals surface area contributed by atoms with Crippen molar-refractivity contribution in [2.24, 2.45) is 0 Å². The number of urea groups is 1. The van der Waals surface area contributed by atoms with Crippen molar-refractivity contribution in [1.82, 2.24) is 20.0 Å². The number of morpholine rings is 1. The second-order valence-electron chi connectivity index (χ2n) is 7.01. The fourth-order valence-corrected chi connectivity index (χ4v) is 3.48. The van der Waals surface area contributed by atoms with Gasteiger partial charge < -0.3 is 19.9 Å². The molecule has 1 N–H and O–H groups in total. The van der Waals surface area contributed by atoms with E-state index in [1.807, 2.05) is 0 Å². The van der Waals surface area contributed by atoms with Crippen LogP contribution in [0.25, 0.3) is 0 Å². The molecule has 0 aliphatic carbocycles. The first-order chi connectivity index (χ1) is 13.6. The van der Waals surface area contributed by atoms with Crippen molar-refractivity contribution in [2.45, 2.75) is 6.10 Å². The smallest absolute Gasteiger partial charge is 0.317 e. The molecule has 3 rings (SSSR count). The highest BCUT2D eigenvalue weighted by Gasteiger charge is 2.28. The monoisotopic (exact) mass is 390 g/mol. The number of hydrogen-bond donors (Lipinski definition) is 1. The van der Waals surface area contributed by atoms with Gasteiger partial charge in [0.1, 0.15) is 5.82 Å². The molecule has 152 valence electrons. The van der Waals surface area contributed by atoms with Crippen LogP contribution in [0.4, 0.5) is 9.18 Å². The van der Waals surface area contributed by atoms with Gasteiger partial charge in [0, 0.05) is 57.9 Å². The Morgan fingerprint density at radius 2 is 1.86 bits per heavy atom. The van der Waals surface area contributed by atoms with Crippen LogP contribution >= 0.6 is 0 Å². The van der Waals surface area contributed by atoms with E-state index >= 15 is 0 Å². The number of hydrogen-bond acceptors (Lipinski definition) is 4. The highest BCUT2D eigenvalue weighted by molar-refractivity contribution is 5.94. The minimum atomic E-state index is -0.346. The average molecular weight is 390 g/mol. The van der Waals surface area contributed by atoms with E-state index in [0.29, 0.717) is 44.9 Å².